The zero-order valence-corrected chi connectivity index (χ0v) is 12.0. The van der Waals surface area contributed by atoms with Gasteiger partial charge in [-0.05, 0) is 19.1 Å². The maximum Gasteiger partial charge on any atom is 0.230 e. The summed E-state index contributed by atoms with van der Waals surface area (Å²) in [5, 5.41) is 33.5. The number of para-hydroxylation sites is 1. The fourth-order valence-electron chi connectivity index (χ4n) is 2.32. The molecule has 0 aliphatic carbocycles. The second kappa shape index (κ2) is 6.05. The Morgan fingerprint density at radius 2 is 1.91 bits per heavy atom. The lowest BCUT2D eigenvalue weighted by molar-refractivity contribution is -0.243. The number of aromatic nitrogens is 2. The Balaban J connectivity index is 1.84. The van der Waals surface area contributed by atoms with Crippen molar-refractivity contribution in [1.29, 1.82) is 0 Å². The largest absolute Gasteiger partial charge is 0.445 e. The second-order valence-electron chi connectivity index (χ2n) is 5.24. The molecular weight excluding hydrogens is 288 g/mol. The zero-order chi connectivity index (χ0) is 15.7. The first-order chi connectivity index (χ1) is 10.6. The first-order valence-corrected chi connectivity index (χ1v) is 7.01. The van der Waals surface area contributed by atoms with Crippen LogP contribution in [0.1, 0.15) is 5.69 Å². The Labute approximate surface area is 127 Å². The minimum atomic E-state index is -1.34. The molecule has 1 aromatic heterocycles. The lowest BCUT2D eigenvalue weighted by atomic mass is 10.1. The lowest BCUT2D eigenvalue weighted by Gasteiger charge is -2.34. The fourth-order valence-corrected chi connectivity index (χ4v) is 2.32. The van der Waals surface area contributed by atoms with Crippen molar-refractivity contribution in [3.05, 3.63) is 42.1 Å². The summed E-state index contributed by atoms with van der Waals surface area (Å²) in [7, 11) is 0. The number of nitrogens with zero attached hydrogens (tertiary/aromatic N) is 2. The van der Waals surface area contributed by atoms with Crippen LogP contribution in [-0.4, -0.2) is 56.3 Å². The lowest BCUT2D eigenvalue weighted by Crippen LogP contribution is -2.54. The Morgan fingerprint density at radius 3 is 2.64 bits per heavy atom. The smallest absolute Gasteiger partial charge is 0.230 e. The van der Waals surface area contributed by atoms with Crippen molar-refractivity contribution in [1.82, 2.24) is 9.78 Å². The van der Waals surface area contributed by atoms with Crippen molar-refractivity contribution in [3.8, 4) is 11.6 Å². The van der Waals surface area contributed by atoms with Gasteiger partial charge in [0.15, 0.2) is 0 Å². The summed E-state index contributed by atoms with van der Waals surface area (Å²) in [6, 6.07) is 11.1. The summed E-state index contributed by atoms with van der Waals surface area (Å²) >= 11 is 0. The molecule has 3 N–H and O–H groups in total. The van der Waals surface area contributed by atoms with Gasteiger partial charge in [0.25, 0.3) is 0 Å². The zero-order valence-electron chi connectivity index (χ0n) is 12.0. The Kier molecular flexibility index (Phi) is 4.12. The van der Waals surface area contributed by atoms with Crippen molar-refractivity contribution < 1.29 is 24.8 Å². The molecule has 1 aliphatic rings. The molecule has 0 bridgehead atoms. The normalized spacial score (nSPS) is 28.5. The van der Waals surface area contributed by atoms with Crippen LogP contribution in [-0.2, 0) is 4.74 Å². The topological polar surface area (TPSA) is 97.0 Å². The van der Waals surface area contributed by atoms with Gasteiger partial charge in [-0.1, -0.05) is 18.2 Å². The van der Waals surface area contributed by atoms with Gasteiger partial charge in [0.05, 0.1) is 18.0 Å². The molecule has 1 aromatic carbocycles. The molecule has 3 rings (SSSR count). The van der Waals surface area contributed by atoms with Crippen molar-refractivity contribution in [3.63, 3.8) is 0 Å². The Morgan fingerprint density at radius 1 is 1.18 bits per heavy atom. The third-order valence-electron chi connectivity index (χ3n) is 3.49. The summed E-state index contributed by atoms with van der Waals surface area (Å²) in [5.41, 5.74) is 1.54. The number of benzene rings is 1. The van der Waals surface area contributed by atoms with E-state index in [1.807, 2.05) is 37.3 Å². The van der Waals surface area contributed by atoms with E-state index >= 15 is 0 Å². The summed E-state index contributed by atoms with van der Waals surface area (Å²) < 4.78 is 12.5. The third kappa shape index (κ3) is 2.84. The first-order valence-electron chi connectivity index (χ1n) is 7.01. The Hall–Kier alpha value is -1.93. The molecule has 0 amide bonds. The Bertz CT molecular complexity index is 630. The van der Waals surface area contributed by atoms with Gasteiger partial charge in [0.2, 0.25) is 12.2 Å². The molecule has 2 heterocycles. The van der Waals surface area contributed by atoms with Gasteiger partial charge in [-0.25, -0.2) is 4.68 Å². The minimum absolute atomic E-state index is 0.110. The van der Waals surface area contributed by atoms with Gasteiger partial charge in [0, 0.05) is 6.07 Å². The predicted octanol–water partition coefficient (Wildman–Crippen LogP) is -0.00148. The first kappa shape index (κ1) is 15.0. The van der Waals surface area contributed by atoms with E-state index < -0.39 is 24.6 Å². The standard InChI is InChI=1S/C15H18N2O5/c1-9-7-12(17(16-9)10-5-3-2-4-6-10)22-15-14(20)13(19)11(18)8-21-15/h2-7,11,13-15,18-20H,8H2,1H3/t11-,13+,14-,15?/m1/s1. The summed E-state index contributed by atoms with van der Waals surface area (Å²) in [5.74, 6) is 0.385. The van der Waals surface area contributed by atoms with E-state index in [2.05, 4.69) is 5.10 Å². The number of aliphatic hydroxyl groups excluding tert-OH is 3. The van der Waals surface area contributed by atoms with Crippen molar-refractivity contribution >= 4 is 0 Å². The highest BCUT2D eigenvalue weighted by Crippen LogP contribution is 2.24. The van der Waals surface area contributed by atoms with Gasteiger partial charge in [0.1, 0.15) is 18.3 Å². The van der Waals surface area contributed by atoms with E-state index in [1.54, 1.807) is 10.7 Å². The van der Waals surface area contributed by atoms with E-state index in [0.29, 0.717) is 5.88 Å². The number of hydrogen-bond donors (Lipinski definition) is 3. The number of aryl methyl sites for hydroxylation is 1. The molecule has 0 saturated carbocycles. The molecule has 1 unspecified atom stereocenters. The molecule has 2 aromatic rings. The highest BCUT2D eigenvalue weighted by molar-refractivity contribution is 5.35. The van der Waals surface area contributed by atoms with Gasteiger partial charge < -0.3 is 24.8 Å². The molecule has 22 heavy (non-hydrogen) atoms. The average molecular weight is 306 g/mol. The number of ether oxygens (including phenoxy) is 2. The van der Waals surface area contributed by atoms with Crippen LogP contribution in [0.15, 0.2) is 36.4 Å². The van der Waals surface area contributed by atoms with Gasteiger partial charge in [-0.2, -0.15) is 5.10 Å². The van der Waals surface area contributed by atoms with Crippen molar-refractivity contribution in [2.75, 3.05) is 6.61 Å². The average Bonchev–Trinajstić information content (AvgIpc) is 2.89. The van der Waals surface area contributed by atoms with Crippen LogP contribution in [0.4, 0.5) is 0 Å². The molecule has 0 spiro atoms. The van der Waals surface area contributed by atoms with E-state index in [1.165, 1.54) is 0 Å². The quantitative estimate of drug-likeness (QED) is 0.738. The SMILES string of the molecule is Cc1cc(OC2OC[C@@H](O)[C@H](O)[C@H]2O)n(-c2ccccc2)n1. The van der Waals surface area contributed by atoms with Crippen LogP contribution < -0.4 is 4.74 Å². The van der Waals surface area contributed by atoms with Crippen LogP contribution in [0.5, 0.6) is 5.88 Å². The molecular formula is C15H18N2O5. The van der Waals surface area contributed by atoms with Crippen LogP contribution >= 0.6 is 0 Å². The second-order valence-corrected chi connectivity index (χ2v) is 5.24. The molecule has 7 nitrogen and oxygen atoms in total. The van der Waals surface area contributed by atoms with Crippen molar-refractivity contribution in [2.24, 2.45) is 0 Å². The van der Waals surface area contributed by atoms with E-state index in [0.717, 1.165) is 11.4 Å². The van der Waals surface area contributed by atoms with Crippen LogP contribution in [0.2, 0.25) is 0 Å². The molecule has 1 saturated heterocycles. The van der Waals surface area contributed by atoms with Gasteiger partial charge >= 0.3 is 0 Å². The minimum Gasteiger partial charge on any atom is -0.445 e. The van der Waals surface area contributed by atoms with Crippen LogP contribution in [0.3, 0.4) is 0 Å². The summed E-state index contributed by atoms with van der Waals surface area (Å²) in [6.07, 6.45) is -4.86. The highest BCUT2D eigenvalue weighted by Gasteiger charge is 2.39. The number of rotatable bonds is 3. The van der Waals surface area contributed by atoms with Gasteiger partial charge in [-0.3, -0.25) is 0 Å². The molecule has 1 fully saturated rings. The maximum atomic E-state index is 9.95. The number of hydrogen-bond acceptors (Lipinski definition) is 6. The van der Waals surface area contributed by atoms with E-state index in [-0.39, 0.29) is 6.61 Å². The molecule has 7 heteroatoms. The molecule has 118 valence electrons. The third-order valence-corrected chi connectivity index (χ3v) is 3.49. The summed E-state index contributed by atoms with van der Waals surface area (Å²) in [4.78, 5) is 0. The molecule has 0 radical (unpaired) electrons. The summed E-state index contributed by atoms with van der Waals surface area (Å²) in [6.45, 7) is 1.71. The highest BCUT2D eigenvalue weighted by atomic mass is 16.7. The molecule has 4 atom stereocenters. The van der Waals surface area contributed by atoms with Crippen LogP contribution in [0.25, 0.3) is 5.69 Å². The monoisotopic (exact) mass is 306 g/mol. The van der Waals surface area contributed by atoms with Gasteiger partial charge in [-0.15, -0.1) is 0 Å². The fraction of sp³-hybridized carbons (Fsp3) is 0.400. The van der Waals surface area contributed by atoms with E-state index in [9.17, 15) is 15.3 Å². The number of aliphatic hydroxyl groups is 3. The van der Waals surface area contributed by atoms with E-state index in [4.69, 9.17) is 9.47 Å². The predicted molar refractivity (Wildman–Crippen MR) is 76.7 cm³/mol. The maximum absolute atomic E-state index is 9.95. The molecule has 1 aliphatic heterocycles. The van der Waals surface area contributed by atoms with Crippen molar-refractivity contribution in [2.45, 2.75) is 31.5 Å². The van der Waals surface area contributed by atoms with Crippen LogP contribution in [0, 0.1) is 6.92 Å².